The molecule has 40 heavy (non-hydrogen) atoms. The molecule has 0 radical (unpaired) electrons. The Kier molecular flexibility index (Phi) is 6.62. The second-order valence-electron chi connectivity index (χ2n) is 9.34. The van der Waals surface area contributed by atoms with Crippen LogP contribution in [0.2, 0.25) is 0 Å². The molecule has 200 valence electrons. The summed E-state index contributed by atoms with van der Waals surface area (Å²) >= 11 is 0. The van der Waals surface area contributed by atoms with Crippen LogP contribution in [0, 0.1) is 6.92 Å². The number of benzene rings is 1. The summed E-state index contributed by atoms with van der Waals surface area (Å²) in [6, 6.07) is 11.3. The molecule has 4 aromatic heterocycles. The Morgan fingerprint density at radius 2 is 2.08 bits per heavy atom. The molecular formula is C29H26N8O3. The van der Waals surface area contributed by atoms with Gasteiger partial charge in [-0.05, 0) is 60.9 Å². The largest absolute Gasteiger partial charge is 0.457 e. The zero-order valence-corrected chi connectivity index (χ0v) is 21.8. The number of hydrogen-bond acceptors (Lipinski definition) is 9. The smallest absolute Gasteiger partial charge is 0.246 e. The quantitative estimate of drug-likeness (QED) is 0.295. The van der Waals surface area contributed by atoms with E-state index in [1.54, 1.807) is 15.6 Å². The molecule has 11 heteroatoms. The van der Waals surface area contributed by atoms with Crippen molar-refractivity contribution in [2.75, 3.05) is 18.4 Å². The zero-order chi connectivity index (χ0) is 27.6. The van der Waals surface area contributed by atoms with Crippen molar-refractivity contribution in [2.45, 2.75) is 20.0 Å². The highest BCUT2D eigenvalue weighted by molar-refractivity contribution is 5.90. The normalized spacial score (nSPS) is 13.3. The topological polar surface area (TPSA) is 131 Å². The van der Waals surface area contributed by atoms with Crippen molar-refractivity contribution in [2.24, 2.45) is 0 Å². The van der Waals surface area contributed by atoms with Crippen molar-refractivity contribution in [3.63, 3.8) is 0 Å². The summed E-state index contributed by atoms with van der Waals surface area (Å²) in [6.07, 6.45) is 8.67. The first-order valence-corrected chi connectivity index (χ1v) is 12.7. The third kappa shape index (κ3) is 4.85. The van der Waals surface area contributed by atoms with Crippen LogP contribution < -0.4 is 10.1 Å². The van der Waals surface area contributed by atoms with E-state index in [4.69, 9.17) is 9.72 Å². The maximum absolute atomic E-state index is 12.0. The van der Waals surface area contributed by atoms with Gasteiger partial charge in [0, 0.05) is 36.6 Å². The first-order valence-electron chi connectivity index (χ1n) is 12.7. The van der Waals surface area contributed by atoms with Gasteiger partial charge in [-0.15, -0.1) is 0 Å². The zero-order valence-electron chi connectivity index (χ0n) is 21.8. The highest BCUT2D eigenvalue weighted by Crippen LogP contribution is 2.32. The molecule has 0 saturated heterocycles. The van der Waals surface area contributed by atoms with E-state index >= 15 is 0 Å². The summed E-state index contributed by atoms with van der Waals surface area (Å²) in [5.74, 6) is 1.81. The van der Waals surface area contributed by atoms with E-state index < -0.39 is 0 Å². The lowest BCUT2D eigenvalue weighted by atomic mass is 9.99. The average molecular weight is 535 g/mol. The number of nitrogens with zero attached hydrogens (tertiary/aromatic N) is 7. The lowest BCUT2D eigenvalue weighted by Crippen LogP contribution is -2.33. The minimum absolute atomic E-state index is 0.104. The van der Waals surface area contributed by atoms with Crippen LogP contribution in [-0.4, -0.2) is 58.6 Å². The molecule has 11 nitrogen and oxygen atoms in total. The van der Waals surface area contributed by atoms with Gasteiger partial charge in [-0.2, -0.15) is 5.10 Å². The molecule has 0 spiro atoms. The molecule has 1 aromatic carbocycles. The van der Waals surface area contributed by atoms with Crippen molar-refractivity contribution in [1.82, 2.24) is 34.4 Å². The fraction of sp³-hybridized carbons (Fsp3) is 0.172. The van der Waals surface area contributed by atoms with Crippen molar-refractivity contribution < 1.29 is 14.6 Å². The highest BCUT2D eigenvalue weighted by Gasteiger charge is 2.20. The second-order valence-corrected chi connectivity index (χ2v) is 9.34. The molecule has 6 rings (SSSR count). The maximum atomic E-state index is 12.0. The van der Waals surface area contributed by atoms with E-state index in [0.29, 0.717) is 64.8 Å². The Morgan fingerprint density at radius 3 is 2.85 bits per heavy atom. The number of fused-ring (bicyclic) bond motifs is 2. The number of nitrogens with one attached hydrogen (secondary N) is 1. The van der Waals surface area contributed by atoms with E-state index in [2.05, 4.69) is 31.9 Å². The number of rotatable bonds is 7. The van der Waals surface area contributed by atoms with Crippen LogP contribution in [0.1, 0.15) is 23.2 Å². The fourth-order valence-corrected chi connectivity index (χ4v) is 4.69. The minimum atomic E-state index is -0.178. The Bertz CT molecular complexity index is 1800. The van der Waals surface area contributed by atoms with E-state index in [0.717, 1.165) is 16.8 Å². The monoisotopic (exact) mass is 534 g/mol. The number of pyridine rings is 2. The van der Waals surface area contributed by atoms with Crippen LogP contribution in [0.3, 0.4) is 0 Å². The van der Waals surface area contributed by atoms with Gasteiger partial charge in [0.25, 0.3) is 0 Å². The van der Waals surface area contributed by atoms with Gasteiger partial charge in [-0.25, -0.2) is 24.5 Å². The Morgan fingerprint density at radius 1 is 1.18 bits per heavy atom. The van der Waals surface area contributed by atoms with Gasteiger partial charge in [0.15, 0.2) is 11.5 Å². The molecule has 0 bridgehead atoms. The van der Waals surface area contributed by atoms with Gasteiger partial charge in [-0.3, -0.25) is 4.79 Å². The van der Waals surface area contributed by atoms with E-state index in [1.807, 2.05) is 49.4 Å². The van der Waals surface area contributed by atoms with Crippen molar-refractivity contribution >= 4 is 39.7 Å². The third-order valence-corrected chi connectivity index (χ3v) is 6.78. The number of aliphatic hydroxyl groups excluding tert-OH is 1. The number of anilines is 2. The molecule has 0 saturated carbocycles. The number of carbonyl (C=O) groups is 1. The fourth-order valence-electron chi connectivity index (χ4n) is 4.69. The summed E-state index contributed by atoms with van der Waals surface area (Å²) < 4.78 is 7.76. The van der Waals surface area contributed by atoms with Crippen molar-refractivity contribution in [3.8, 4) is 11.5 Å². The Labute approximate surface area is 229 Å². The maximum Gasteiger partial charge on any atom is 0.246 e. The van der Waals surface area contributed by atoms with Crippen LogP contribution in [-0.2, 0) is 11.4 Å². The van der Waals surface area contributed by atoms with Crippen LogP contribution in [0.4, 0.5) is 11.5 Å². The van der Waals surface area contributed by atoms with Gasteiger partial charge in [-0.1, -0.05) is 12.7 Å². The molecule has 5 heterocycles. The van der Waals surface area contributed by atoms with Gasteiger partial charge >= 0.3 is 0 Å². The summed E-state index contributed by atoms with van der Waals surface area (Å²) in [5, 5.41) is 17.5. The van der Waals surface area contributed by atoms with Gasteiger partial charge in [0.05, 0.1) is 17.8 Å². The summed E-state index contributed by atoms with van der Waals surface area (Å²) in [5.41, 5.74) is 5.96. The van der Waals surface area contributed by atoms with E-state index in [-0.39, 0.29) is 12.5 Å². The minimum Gasteiger partial charge on any atom is -0.457 e. The third-order valence-electron chi connectivity index (χ3n) is 6.78. The molecule has 5 aromatic rings. The van der Waals surface area contributed by atoms with Crippen molar-refractivity contribution in [1.29, 1.82) is 0 Å². The summed E-state index contributed by atoms with van der Waals surface area (Å²) in [4.78, 5) is 31.6. The van der Waals surface area contributed by atoms with Crippen LogP contribution in [0.25, 0.3) is 22.3 Å². The molecule has 0 unspecified atom stereocenters. The SMILES string of the molecule is C=CC(=O)N1CC=C(c2nc3c(Nc4ccc(Oc5ccn6ncnc6c5)c(C)c4)ncnc3cc2CO)CC1. The molecule has 2 N–H and O–H groups in total. The summed E-state index contributed by atoms with van der Waals surface area (Å²) in [7, 11) is 0. The Balaban J connectivity index is 1.28. The van der Waals surface area contributed by atoms with Crippen LogP contribution in [0.15, 0.2) is 74.0 Å². The molecular weight excluding hydrogens is 508 g/mol. The standard InChI is InChI=1S/C29H26N8O3/c1-3-26(39)36-9-6-19(7-10-36)27-20(15-38)13-23-28(35-27)29(32-16-30-23)34-21-4-5-24(18(2)12-21)40-22-8-11-37-25(14-22)31-17-33-37/h3-6,8,11-14,16-17,38H,1,7,9-10,15H2,2H3,(H,30,32,34). The number of hydrogen-bond donors (Lipinski definition) is 2. The number of aromatic nitrogens is 6. The van der Waals surface area contributed by atoms with E-state index in [9.17, 15) is 9.90 Å². The lowest BCUT2D eigenvalue weighted by Gasteiger charge is -2.26. The number of amides is 1. The molecule has 0 aliphatic carbocycles. The van der Waals surface area contributed by atoms with E-state index in [1.165, 1.54) is 18.7 Å². The van der Waals surface area contributed by atoms with Crippen molar-refractivity contribution in [3.05, 3.63) is 90.8 Å². The molecule has 1 amide bonds. The first-order chi connectivity index (χ1) is 19.5. The lowest BCUT2D eigenvalue weighted by molar-refractivity contribution is -0.125. The van der Waals surface area contributed by atoms with Crippen LogP contribution >= 0.6 is 0 Å². The highest BCUT2D eigenvalue weighted by atomic mass is 16.5. The molecule has 0 atom stereocenters. The molecule has 0 fully saturated rings. The number of aliphatic hydroxyl groups is 1. The number of carbonyl (C=O) groups excluding carboxylic acids is 1. The molecule has 1 aliphatic rings. The van der Waals surface area contributed by atoms with Gasteiger partial charge in [0.2, 0.25) is 5.91 Å². The number of ether oxygens (including phenoxy) is 1. The molecule has 1 aliphatic heterocycles. The van der Waals surface area contributed by atoms with Crippen LogP contribution in [0.5, 0.6) is 11.5 Å². The average Bonchev–Trinajstić information content (AvgIpc) is 3.46. The summed E-state index contributed by atoms with van der Waals surface area (Å²) in [6.45, 7) is 6.37. The second kappa shape index (κ2) is 10.5. The van der Waals surface area contributed by atoms with Gasteiger partial charge in [0.1, 0.15) is 29.7 Å². The Hall–Kier alpha value is -5.16. The first kappa shape index (κ1) is 25.1. The predicted molar refractivity (Wildman–Crippen MR) is 150 cm³/mol. The predicted octanol–water partition coefficient (Wildman–Crippen LogP) is 4.21. The van der Waals surface area contributed by atoms with Gasteiger partial charge < -0.3 is 20.1 Å². The number of aryl methyl sites for hydroxylation is 1.